The standard InChI is InChI=1S/C49H90NO8P/c1-3-5-7-9-11-13-15-17-19-20-21-22-23-24-25-26-28-30-32-34-36-38-40-42-49(52)58-47(46-57-59(53,54)56-44-43-50)45-55-48(51)41-39-37-35-33-31-29-27-18-16-14-12-10-8-6-4-2/h6,8,12,14,18,27,31,33,47H,3-5,7,9-11,13,15-17,19-26,28-30,32,34-46,50H2,1-2H3,(H,53,54)/b8-6+,14-12+,27-18+,33-31+/t47-/m1/s1. The zero-order chi connectivity index (χ0) is 43.2. The van der Waals surface area contributed by atoms with E-state index < -0.39 is 32.5 Å². The number of carbonyl (C=O) groups excluding carboxylic acids is 2. The summed E-state index contributed by atoms with van der Waals surface area (Å²) < 4.78 is 32.8. The quantitative estimate of drug-likeness (QED) is 0.0266. The third-order valence-corrected chi connectivity index (χ3v) is 11.2. The number of ether oxygens (including phenoxy) is 2. The average Bonchev–Trinajstić information content (AvgIpc) is 3.22. The average molecular weight is 852 g/mol. The van der Waals surface area contributed by atoms with E-state index in [0.29, 0.717) is 12.8 Å². The number of hydrogen-bond donors (Lipinski definition) is 2. The van der Waals surface area contributed by atoms with Crippen molar-refractivity contribution in [1.29, 1.82) is 0 Å². The van der Waals surface area contributed by atoms with Crippen LogP contribution in [-0.2, 0) is 32.7 Å². The molecule has 1 unspecified atom stereocenters. The molecule has 0 spiro atoms. The van der Waals surface area contributed by atoms with Gasteiger partial charge in [-0.25, -0.2) is 4.57 Å². The Labute approximate surface area is 362 Å². The molecular formula is C49H90NO8P. The second-order valence-corrected chi connectivity index (χ2v) is 17.4. The fourth-order valence-corrected chi connectivity index (χ4v) is 7.45. The van der Waals surface area contributed by atoms with Gasteiger partial charge in [0.05, 0.1) is 13.2 Å². The Bertz CT molecular complexity index is 1110. The maximum Gasteiger partial charge on any atom is 0.472 e. The van der Waals surface area contributed by atoms with Gasteiger partial charge in [0, 0.05) is 19.4 Å². The lowest BCUT2D eigenvalue weighted by atomic mass is 10.0. The van der Waals surface area contributed by atoms with E-state index in [1.165, 1.54) is 128 Å². The Morgan fingerprint density at radius 1 is 0.525 bits per heavy atom. The second kappa shape index (κ2) is 45.5. The van der Waals surface area contributed by atoms with Gasteiger partial charge in [0.2, 0.25) is 0 Å². The van der Waals surface area contributed by atoms with E-state index in [4.69, 9.17) is 24.3 Å². The van der Waals surface area contributed by atoms with E-state index in [-0.39, 0.29) is 32.6 Å². The fourth-order valence-electron chi connectivity index (χ4n) is 6.69. The smallest absolute Gasteiger partial charge is 0.462 e. The lowest BCUT2D eigenvalue weighted by Gasteiger charge is -2.19. The van der Waals surface area contributed by atoms with Crippen molar-refractivity contribution in [3.8, 4) is 0 Å². The van der Waals surface area contributed by atoms with Gasteiger partial charge in [-0.3, -0.25) is 18.6 Å². The molecule has 0 aliphatic rings. The van der Waals surface area contributed by atoms with Crippen molar-refractivity contribution in [3.05, 3.63) is 48.6 Å². The number of rotatable bonds is 45. The van der Waals surface area contributed by atoms with E-state index in [2.05, 4.69) is 62.5 Å². The van der Waals surface area contributed by atoms with E-state index >= 15 is 0 Å². The van der Waals surface area contributed by atoms with Crippen molar-refractivity contribution in [2.45, 2.75) is 225 Å². The van der Waals surface area contributed by atoms with Gasteiger partial charge in [0.25, 0.3) is 0 Å². The van der Waals surface area contributed by atoms with Crippen molar-refractivity contribution < 1.29 is 37.6 Å². The molecule has 2 atom stereocenters. The summed E-state index contributed by atoms with van der Waals surface area (Å²) in [4.78, 5) is 34.9. The minimum absolute atomic E-state index is 0.0474. The van der Waals surface area contributed by atoms with Gasteiger partial charge in [0.1, 0.15) is 6.61 Å². The highest BCUT2D eigenvalue weighted by Crippen LogP contribution is 2.43. The van der Waals surface area contributed by atoms with Crippen LogP contribution in [0.25, 0.3) is 0 Å². The van der Waals surface area contributed by atoms with E-state index in [1.54, 1.807) is 0 Å². The van der Waals surface area contributed by atoms with Gasteiger partial charge in [-0.15, -0.1) is 0 Å². The van der Waals surface area contributed by atoms with Gasteiger partial charge in [0.15, 0.2) is 6.10 Å². The lowest BCUT2D eigenvalue weighted by molar-refractivity contribution is -0.161. The zero-order valence-electron chi connectivity index (χ0n) is 38.0. The Morgan fingerprint density at radius 3 is 1.39 bits per heavy atom. The number of carbonyl (C=O) groups is 2. The fraction of sp³-hybridized carbons (Fsp3) is 0.796. The molecule has 0 aliphatic carbocycles. The monoisotopic (exact) mass is 852 g/mol. The summed E-state index contributed by atoms with van der Waals surface area (Å²) in [6.07, 6.45) is 53.0. The van der Waals surface area contributed by atoms with Gasteiger partial charge in [-0.05, 0) is 51.4 Å². The minimum atomic E-state index is -4.39. The highest BCUT2D eigenvalue weighted by molar-refractivity contribution is 7.47. The molecule has 0 amide bonds. The molecule has 9 nitrogen and oxygen atoms in total. The third kappa shape index (κ3) is 45.3. The SMILES string of the molecule is CC/C=C/C/C=C/C/C=C/C/C=C/CCCCC(=O)OC[C@H](COP(=O)(O)OCCN)OC(=O)CCCCCCCCCCCCCCCCCCCCCCCCC. The van der Waals surface area contributed by atoms with Crippen LogP contribution in [0.2, 0.25) is 0 Å². The molecule has 0 saturated carbocycles. The first kappa shape index (κ1) is 57.0. The van der Waals surface area contributed by atoms with Gasteiger partial charge >= 0.3 is 19.8 Å². The van der Waals surface area contributed by atoms with Gasteiger partial charge in [-0.1, -0.05) is 204 Å². The van der Waals surface area contributed by atoms with Crippen molar-refractivity contribution in [1.82, 2.24) is 0 Å². The summed E-state index contributed by atoms with van der Waals surface area (Å²) in [6.45, 7) is 3.60. The predicted octanol–water partition coefficient (Wildman–Crippen LogP) is 14.3. The van der Waals surface area contributed by atoms with Crippen molar-refractivity contribution in [2.24, 2.45) is 5.73 Å². The van der Waals surface area contributed by atoms with Crippen molar-refractivity contribution in [3.63, 3.8) is 0 Å². The van der Waals surface area contributed by atoms with Crippen LogP contribution in [0.15, 0.2) is 48.6 Å². The van der Waals surface area contributed by atoms with Gasteiger partial charge < -0.3 is 20.1 Å². The predicted molar refractivity (Wildman–Crippen MR) is 247 cm³/mol. The number of phosphoric acid groups is 1. The molecule has 10 heteroatoms. The first-order chi connectivity index (χ1) is 28.8. The van der Waals surface area contributed by atoms with Crippen LogP contribution >= 0.6 is 7.82 Å². The van der Waals surface area contributed by atoms with Crippen LogP contribution < -0.4 is 5.73 Å². The largest absolute Gasteiger partial charge is 0.472 e. The van der Waals surface area contributed by atoms with Crippen LogP contribution in [0.4, 0.5) is 0 Å². The maximum absolute atomic E-state index is 12.6. The summed E-state index contributed by atoms with van der Waals surface area (Å²) in [7, 11) is -4.39. The van der Waals surface area contributed by atoms with Crippen LogP contribution in [0.5, 0.6) is 0 Å². The second-order valence-electron chi connectivity index (χ2n) is 16.0. The number of phosphoric ester groups is 1. The Morgan fingerprint density at radius 2 is 0.932 bits per heavy atom. The van der Waals surface area contributed by atoms with Crippen LogP contribution in [0, 0.1) is 0 Å². The highest BCUT2D eigenvalue weighted by atomic mass is 31.2. The Hall–Kier alpha value is -2.03. The number of esters is 2. The number of hydrogen-bond acceptors (Lipinski definition) is 8. The highest BCUT2D eigenvalue weighted by Gasteiger charge is 2.26. The van der Waals surface area contributed by atoms with E-state index in [1.807, 2.05) is 0 Å². The van der Waals surface area contributed by atoms with Crippen LogP contribution in [0.1, 0.15) is 219 Å². The first-order valence-electron chi connectivity index (χ1n) is 24.1. The summed E-state index contributed by atoms with van der Waals surface area (Å²) in [5.74, 6) is -0.871. The molecule has 0 aromatic heterocycles. The molecule has 0 radical (unpaired) electrons. The molecule has 0 aromatic carbocycles. The number of unbranched alkanes of at least 4 members (excludes halogenated alkanes) is 24. The summed E-state index contributed by atoms with van der Waals surface area (Å²) in [5.41, 5.74) is 5.35. The van der Waals surface area contributed by atoms with Crippen molar-refractivity contribution >= 4 is 19.8 Å². The normalized spacial score (nSPS) is 13.6. The van der Waals surface area contributed by atoms with Crippen molar-refractivity contribution in [2.75, 3.05) is 26.4 Å². The Balaban J connectivity index is 4.07. The Kier molecular flexibility index (Phi) is 43.9. The van der Waals surface area contributed by atoms with E-state index in [0.717, 1.165) is 51.4 Å². The molecule has 0 rings (SSSR count). The number of nitrogens with two attached hydrogens (primary N) is 1. The van der Waals surface area contributed by atoms with Gasteiger partial charge in [-0.2, -0.15) is 0 Å². The minimum Gasteiger partial charge on any atom is -0.462 e. The molecule has 3 N–H and O–H groups in total. The molecule has 0 aliphatic heterocycles. The summed E-state index contributed by atoms with van der Waals surface area (Å²) in [6, 6.07) is 0. The molecule has 0 fully saturated rings. The van der Waals surface area contributed by atoms with Crippen LogP contribution in [-0.4, -0.2) is 49.3 Å². The molecule has 59 heavy (non-hydrogen) atoms. The summed E-state index contributed by atoms with van der Waals surface area (Å²) in [5, 5.41) is 0. The molecule has 344 valence electrons. The molecule has 0 aromatic rings. The number of allylic oxidation sites excluding steroid dienone is 8. The molecular weight excluding hydrogens is 762 g/mol. The van der Waals surface area contributed by atoms with Crippen LogP contribution in [0.3, 0.4) is 0 Å². The lowest BCUT2D eigenvalue weighted by Crippen LogP contribution is -2.29. The summed E-state index contributed by atoms with van der Waals surface area (Å²) >= 11 is 0. The third-order valence-electron chi connectivity index (χ3n) is 10.2. The molecule has 0 bridgehead atoms. The zero-order valence-corrected chi connectivity index (χ0v) is 38.9. The topological polar surface area (TPSA) is 134 Å². The molecule has 0 heterocycles. The maximum atomic E-state index is 12.6. The van der Waals surface area contributed by atoms with E-state index in [9.17, 15) is 19.0 Å². The first-order valence-corrected chi connectivity index (χ1v) is 25.6. The molecule has 0 saturated heterocycles.